The van der Waals surface area contributed by atoms with Crippen molar-refractivity contribution in [1.82, 2.24) is 9.66 Å². The predicted molar refractivity (Wildman–Crippen MR) is 151 cm³/mol. The lowest BCUT2D eigenvalue weighted by Crippen LogP contribution is -2.22. The first-order chi connectivity index (χ1) is 17.9. The molecular formula is C28H24Br2N4O3. The van der Waals surface area contributed by atoms with E-state index in [0.29, 0.717) is 50.2 Å². The quantitative estimate of drug-likeness (QED) is 0.196. The van der Waals surface area contributed by atoms with Crippen molar-refractivity contribution >= 4 is 49.0 Å². The minimum Gasteiger partial charge on any atom is -0.493 e. The van der Waals surface area contributed by atoms with Crippen LogP contribution in [-0.4, -0.2) is 23.0 Å². The topological polar surface area (TPSA) is 89.5 Å². The summed E-state index contributed by atoms with van der Waals surface area (Å²) in [6.07, 6.45) is 4.11. The number of ether oxygens (including phenoxy) is 2. The van der Waals surface area contributed by atoms with Crippen molar-refractivity contribution in [2.75, 3.05) is 7.11 Å². The van der Waals surface area contributed by atoms with Gasteiger partial charge in [0.1, 0.15) is 12.4 Å². The highest BCUT2D eigenvalue weighted by Crippen LogP contribution is 2.37. The van der Waals surface area contributed by atoms with E-state index >= 15 is 0 Å². The molecular weight excluding hydrogens is 600 g/mol. The molecule has 0 amide bonds. The Morgan fingerprint density at radius 2 is 1.97 bits per heavy atom. The number of benzene rings is 3. The fraction of sp³-hybridized carbons (Fsp3) is 0.214. The van der Waals surface area contributed by atoms with E-state index in [1.54, 1.807) is 31.5 Å². The Bertz CT molecular complexity index is 1570. The van der Waals surface area contributed by atoms with Gasteiger partial charge in [0.05, 0.1) is 40.3 Å². The van der Waals surface area contributed by atoms with Crippen LogP contribution in [0, 0.1) is 11.3 Å². The number of fused-ring (bicyclic) bond motifs is 1. The van der Waals surface area contributed by atoms with E-state index in [1.807, 2.05) is 36.4 Å². The third-order valence-electron chi connectivity index (χ3n) is 5.71. The van der Waals surface area contributed by atoms with Crippen molar-refractivity contribution in [2.45, 2.75) is 32.8 Å². The van der Waals surface area contributed by atoms with Gasteiger partial charge in [-0.3, -0.25) is 4.79 Å². The second-order valence-corrected chi connectivity index (χ2v) is 10.0. The SMILES string of the molecule is CCCCc1nc2ccc(Br)cc2c(=O)n1N=Cc1cc(Br)c(OCc2ccccc2C#N)c(OC)c1. The number of aromatic nitrogens is 2. The lowest BCUT2D eigenvalue weighted by molar-refractivity contribution is 0.282. The first-order valence-corrected chi connectivity index (χ1v) is 13.3. The van der Waals surface area contributed by atoms with Gasteiger partial charge in [0, 0.05) is 16.5 Å². The Morgan fingerprint density at radius 1 is 1.16 bits per heavy atom. The molecule has 0 spiro atoms. The minimum atomic E-state index is -0.226. The molecule has 1 aromatic heterocycles. The molecule has 0 aliphatic rings. The zero-order valence-electron chi connectivity index (χ0n) is 20.4. The van der Waals surface area contributed by atoms with Gasteiger partial charge in [0.25, 0.3) is 5.56 Å². The van der Waals surface area contributed by atoms with E-state index < -0.39 is 0 Å². The monoisotopic (exact) mass is 622 g/mol. The Hall–Kier alpha value is -3.48. The molecule has 0 N–H and O–H groups in total. The number of halogens is 2. The van der Waals surface area contributed by atoms with Gasteiger partial charge in [-0.05, 0) is 64.3 Å². The number of hydrogen-bond acceptors (Lipinski definition) is 6. The van der Waals surface area contributed by atoms with Crippen LogP contribution in [-0.2, 0) is 13.0 Å². The van der Waals surface area contributed by atoms with E-state index in [0.717, 1.165) is 22.9 Å². The number of nitriles is 1. The third-order valence-corrected chi connectivity index (χ3v) is 6.80. The molecule has 4 aromatic rings. The molecule has 0 radical (unpaired) electrons. The molecule has 0 bridgehead atoms. The predicted octanol–water partition coefficient (Wildman–Crippen LogP) is 6.61. The summed E-state index contributed by atoms with van der Waals surface area (Å²) < 4.78 is 14.4. The van der Waals surface area contributed by atoms with Crippen molar-refractivity contribution < 1.29 is 9.47 Å². The smallest absolute Gasteiger partial charge is 0.282 e. The van der Waals surface area contributed by atoms with Gasteiger partial charge in [-0.2, -0.15) is 15.0 Å². The normalized spacial score (nSPS) is 11.1. The van der Waals surface area contributed by atoms with Crippen molar-refractivity contribution in [1.29, 1.82) is 5.26 Å². The maximum Gasteiger partial charge on any atom is 0.282 e. The van der Waals surface area contributed by atoms with Gasteiger partial charge in [-0.15, -0.1) is 0 Å². The first kappa shape index (κ1) is 26.6. The van der Waals surface area contributed by atoms with Gasteiger partial charge in [-0.25, -0.2) is 4.98 Å². The molecule has 188 valence electrons. The van der Waals surface area contributed by atoms with Gasteiger partial charge in [0.15, 0.2) is 11.5 Å². The molecule has 0 aliphatic heterocycles. The van der Waals surface area contributed by atoms with Crippen molar-refractivity contribution in [2.24, 2.45) is 5.10 Å². The Morgan fingerprint density at radius 3 is 2.73 bits per heavy atom. The van der Waals surface area contributed by atoms with E-state index in [4.69, 9.17) is 14.5 Å². The summed E-state index contributed by atoms with van der Waals surface area (Å²) in [5, 5.41) is 14.3. The molecule has 37 heavy (non-hydrogen) atoms. The zero-order valence-corrected chi connectivity index (χ0v) is 23.5. The van der Waals surface area contributed by atoms with Crippen molar-refractivity contribution in [3.8, 4) is 17.6 Å². The number of aryl methyl sites for hydroxylation is 1. The second kappa shape index (κ2) is 12.2. The van der Waals surface area contributed by atoms with Gasteiger partial charge in [0.2, 0.25) is 0 Å². The average molecular weight is 624 g/mol. The standard InChI is InChI=1S/C28H24Br2N4O3/c1-3-4-9-26-33-24-11-10-21(29)14-22(24)28(35)34(26)32-16-18-12-23(30)27(25(13-18)36-2)37-17-20-8-6-5-7-19(20)15-31/h5-8,10-14,16H,3-4,9,17H2,1-2H3. The molecule has 0 fully saturated rings. The maximum atomic E-state index is 13.3. The largest absolute Gasteiger partial charge is 0.493 e. The second-order valence-electron chi connectivity index (χ2n) is 8.25. The van der Waals surface area contributed by atoms with Crippen molar-refractivity contribution in [3.63, 3.8) is 0 Å². The molecule has 0 saturated carbocycles. The fourth-order valence-electron chi connectivity index (χ4n) is 3.79. The van der Waals surface area contributed by atoms with E-state index in [9.17, 15) is 10.1 Å². The van der Waals surface area contributed by atoms with Crippen LogP contribution in [0.2, 0.25) is 0 Å². The Labute approximate surface area is 231 Å². The van der Waals surface area contributed by atoms with Crippen LogP contribution < -0.4 is 15.0 Å². The average Bonchev–Trinajstić information content (AvgIpc) is 2.91. The van der Waals surface area contributed by atoms with E-state index in [2.05, 4.69) is 50.0 Å². The molecule has 4 rings (SSSR count). The van der Waals surface area contributed by atoms with Crippen LogP contribution in [0.4, 0.5) is 0 Å². The Balaban J connectivity index is 1.68. The highest BCUT2D eigenvalue weighted by Gasteiger charge is 2.14. The molecule has 7 nitrogen and oxygen atoms in total. The van der Waals surface area contributed by atoms with Gasteiger partial charge >= 0.3 is 0 Å². The highest BCUT2D eigenvalue weighted by atomic mass is 79.9. The number of hydrogen-bond donors (Lipinski definition) is 0. The maximum absolute atomic E-state index is 13.3. The van der Waals surface area contributed by atoms with Crippen LogP contribution in [0.25, 0.3) is 10.9 Å². The number of methoxy groups -OCH3 is 1. The summed E-state index contributed by atoms with van der Waals surface area (Å²) >= 11 is 6.99. The van der Waals surface area contributed by atoms with Crippen LogP contribution in [0.5, 0.6) is 11.5 Å². The van der Waals surface area contributed by atoms with Crippen LogP contribution >= 0.6 is 31.9 Å². The molecule has 1 heterocycles. The van der Waals surface area contributed by atoms with Gasteiger partial charge in [-0.1, -0.05) is 47.5 Å². The van der Waals surface area contributed by atoms with Crippen LogP contribution in [0.3, 0.4) is 0 Å². The highest BCUT2D eigenvalue weighted by molar-refractivity contribution is 9.10. The summed E-state index contributed by atoms with van der Waals surface area (Å²) in [5.41, 5.74) is 2.46. The third kappa shape index (κ3) is 6.09. The van der Waals surface area contributed by atoms with E-state index in [1.165, 1.54) is 4.68 Å². The molecule has 0 aliphatic carbocycles. The Kier molecular flexibility index (Phi) is 8.74. The lowest BCUT2D eigenvalue weighted by Gasteiger charge is -2.14. The number of rotatable bonds is 9. The van der Waals surface area contributed by atoms with Crippen LogP contribution in [0.1, 0.15) is 42.3 Å². The number of nitrogens with zero attached hydrogens (tertiary/aromatic N) is 4. The molecule has 0 atom stereocenters. The lowest BCUT2D eigenvalue weighted by atomic mass is 10.1. The first-order valence-electron chi connectivity index (χ1n) is 11.7. The summed E-state index contributed by atoms with van der Waals surface area (Å²) in [5.74, 6) is 1.61. The van der Waals surface area contributed by atoms with Crippen molar-refractivity contribution in [3.05, 3.63) is 96.4 Å². The van der Waals surface area contributed by atoms with Crippen LogP contribution in [0.15, 0.2) is 73.4 Å². The summed E-state index contributed by atoms with van der Waals surface area (Å²) in [6, 6.07) is 18.5. The van der Waals surface area contributed by atoms with E-state index in [-0.39, 0.29) is 12.2 Å². The fourth-order valence-corrected chi connectivity index (χ4v) is 4.73. The zero-order chi connectivity index (χ0) is 26.4. The minimum absolute atomic E-state index is 0.209. The number of unbranched alkanes of at least 4 members (excludes halogenated alkanes) is 1. The molecule has 9 heteroatoms. The molecule has 3 aromatic carbocycles. The molecule has 0 saturated heterocycles. The molecule has 0 unspecified atom stereocenters. The summed E-state index contributed by atoms with van der Waals surface area (Å²) in [6.45, 7) is 2.30. The summed E-state index contributed by atoms with van der Waals surface area (Å²) in [7, 11) is 1.55. The van der Waals surface area contributed by atoms with Gasteiger partial charge < -0.3 is 9.47 Å². The summed E-state index contributed by atoms with van der Waals surface area (Å²) in [4.78, 5) is 18.0.